The van der Waals surface area contributed by atoms with E-state index in [1.54, 1.807) is 0 Å². The van der Waals surface area contributed by atoms with Crippen LogP contribution in [0.15, 0.2) is 85.1 Å². The van der Waals surface area contributed by atoms with E-state index in [1.165, 1.54) is 33.2 Å². The van der Waals surface area contributed by atoms with Gasteiger partial charge in [-0.25, -0.2) is 0 Å². The first-order valence-electron chi connectivity index (χ1n) is 7.13. The summed E-state index contributed by atoms with van der Waals surface area (Å²) in [7, 11) is 0. The van der Waals surface area contributed by atoms with Gasteiger partial charge in [-0.1, -0.05) is 60.7 Å². The molecule has 0 aliphatic carbocycles. The van der Waals surface area contributed by atoms with Gasteiger partial charge < -0.3 is 4.98 Å². The lowest BCUT2D eigenvalue weighted by Gasteiger charge is -2.06. The summed E-state index contributed by atoms with van der Waals surface area (Å²) in [4.78, 5) is 3.28. The lowest BCUT2D eigenvalue weighted by Crippen LogP contribution is -1.81. The molecule has 0 amide bonds. The van der Waals surface area contributed by atoms with E-state index in [1.807, 2.05) is 12.3 Å². The van der Waals surface area contributed by atoms with Crippen LogP contribution in [-0.2, 0) is 0 Å². The van der Waals surface area contributed by atoms with E-state index in [0.717, 1.165) is 0 Å². The molecule has 0 bridgehead atoms. The molecule has 0 unspecified atom stereocenters. The smallest absolute Gasteiger partial charge is 0.0460 e. The van der Waals surface area contributed by atoms with Gasteiger partial charge in [-0.05, 0) is 45.8 Å². The number of benzene rings is 3. The molecule has 0 radical (unpaired) electrons. The van der Waals surface area contributed by atoms with Crippen molar-refractivity contribution >= 4 is 10.9 Å². The van der Waals surface area contributed by atoms with Gasteiger partial charge in [0.2, 0.25) is 0 Å². The third kappa shape index (κ3) is 2.23. The molecule has 3 aromatic carbocycles. The molecule has 21 heavy (non-hydrogen) atoms. The molecule has 4 rings (SSSR count). The molecular formula is C20H15N. The Morgan fingerprint density at radius 2 is 1.24 bits per heavy atom. The monoisotopic (exact) mass is 269 g/mol. The molecule has 1 aromatic heterocycles. The summed E-state index contributed by atoms with van der Waals surface area (Å²) >= 11 is 0. The van der Waals surface area contributed by atoms with Crippen molar-refractivity contribution in [1.29, 1.82) is 0 Å². The van der Waals surface area contributed by atoms with Crippen molar-refractivity contribution in [3.63, 3.8) is 0 Å². The highest BCUT2D eigenvalue weighted by Gasteiger charge is 2.03. The van der Waals surface area contributed by atoms with Crippen LogP contribution in [0.25, 0.3) is 33.2 Å². The summed E-state index contributed by atoms with van der Waals surface area (Å²) in [6, 6.07) is 27.8. The molecule has 0 saturated heterocycles. The number of hydrogen-bond acceptors (Lipinski definition) is 0. The van der Waals surface area contributed by atoms with Crippen LogP contribution in [0, 0.1) is 0 Å². The van der Waals surface area contributed by atoms with Gasteiger partial charge in [0.15, 0.2) is 0 Å². The van der Waals surface area contributed by atoms with Gasteiger partial charge in [0.25, 0.3) is 0 Å². The second-order valence-corrected chi connectivity index (χ2v) is 5.23. The average molecular weight is 269 g/mol. The molecule has 0 spiro atoms. The lowest BCUT2D eigenvalue weighted by atomic mass is 9.98. The summed E-state index contributed by atoms with van der Waals surface area (Å²) in [6.07, 6.45) is 1.98. The van der Waals surface area contributed by atoms with Crippen molar-refractivity contribution in [2.45, 2.75) is 0 Å². The highest BCUT2D eigenvalue weighted by molar-refractivity contribution is 5.85. The van der Waals surface area contributed by atoms with Crippen molar-refractivity contribution in [2.75, 3.05) is 0 Å². The van der Waals surface area contributed by atoms with Gasteiger partial charge in [-0.15, -0.1) is 0 Å². The number of aromatic nitrogens is 1. The van der Waals surface area contributed by atoms with Crippen LogP contribution < -0.4 is 0 Å². The van der Waals surface area contributed by atoms with Crippen molar-refractivity contribution in [3.05, 3.63) is 85.1 Å². The zero-order valence-electron chi connectivity index (χ0n) is 11.6. The van der Waals surface area contributed by atoms with Crippen molar-refractivity contribution in [1.82, 2.24) is 4.98 Å². The maximum atomic E-state index is 3.28. The molecule has 1 N–H and O–H groups in total. The van der Waals surface area contributed by atoms with Crippen molar-refractivity contribution in [2.24, 2.45) is 0 Å². The molecule has 1 nitrogen and oxygen atoms in total. The maximum absolute atomic E-state index is 3.28. The Bertz CT molecular complexity index is 888. The van der Waals surface area contributed by atoms with E-state index >= 15 is 0 Å². The van der Waals surface area contributed by atoms with E-state index in [-0.39, 0.29) is 0 Å². The highest BCUT2D eigenvalue weighted by Crippen LogP contribution is 2.28. The van der Waals surface area contributed by atoms with E-state index < -0.39 is 0 Å². The van der Waals surface area contributed by atoms with Crippen LogP contribution >= 0.6 is 0 Å². The zero-order chi connectivity index (χ0) is 14.1. The molecule has 1 heterocycles. The predicted octanol–water partition coefficient (Wildman–Crippen LogP) is 5.50. The van der Waals surface area contributed by atoms with Gasteiger partial charge in [0, 0.05) is 11.7 Å². The molecule has 1 heteroatoms. The third-order valence-electron chi connectivity index (χ3n) is 3.86. The molecule has 0 saturated carbocycles. The number of fused-ring (bicyclic) bond motifs is 1. The Labute approximate surface area is 123 Å². The number of nitrogens with one attached hydrogen (secondary N) is 1. The third-order valence-corrected chi connectivity index (χ3v) is 3.86. The molecule has 0 fully saturated rings. The van der Waals surface area contributed by atoms with E-state index in [2.05, 4.69) is 77.8 Å². The molecule has 0 aliphatic heterocycles. The number of hydrogen-bond donors (Lipinski definition) is 1. The van der Waals surface area contributed by atoms with Crippen molar-refractivity contribution in [3.8, 4) is 22.3 Å². The number of H-pyrrole nitrogens is 1. The molecule has 100 valence electrons. The van der Waals surface area contributed by atoms with E-state index in [9.17, 15) is 0 Å². The van der Waals surface area contributed by atoms with Crippen LogP contribution in [0.4, 0.5) is 0 Å². The van der Waals surface area contributed by atoms with Crippen LogP contribution in [0.5, 0.6) is 0 Å². The van der Waals surface area contributed by atoms with Crippen molar-refractivity contribution < 1.29 is 0 Å². The Morgan fingerprint density at radius 3 is 2.10 bits per heavy atom. The van der Waals surface area contributed by atoms with E-state index in [4.69, 9.17) is 0 Å². The minimum atomic E-state index is 1.18. The Morgan fingerprint density at radius 1 is 0.524 bits per heavy atom. The Hall–Kier alpha value is -2.80. The fourth-order valence-electron chi connectivity index (χ4n) is 2.74. The van der Waals surface area contributed by atoms with Gasteiger partial charge >= 0.3 is 0 Å². The zero-order valence-corrected chi connectivity index (χ0v) is 11.6. The van der Waals surface area contributed by atoms with Crippen LogP contribution in [0.2, 0.25) is 0 Å². The number of rotatable bonds is 2. The van der Waals surface area contributed by atoms with Crippen LogP contribution in [0.1, 0.15) is 0 Å². The summed E-state index contributed by atoms with van der Waals surface area (Å²) in [6.45, 7) is 0. The Kier molecular flexibility index (Phi) is 2.82. The first-order valence-corrected chi connectivity index (χ1v) is 7.13. The largest absolute Gasteiger partial charge is 0.361 e. The molecule has 4 aromatic rings. The fraction of sp³-hybridized carbons (Fsp3) is 0. The van der Waals surface area contributed by atoms with Gasteiger partial charge in [-0.3, -0.25) is 0 Å². The van der Waals surface area contributed by atoms with E-state index in [0.29, 0.717) is 0 Å². The fourth-order valence-corrected chi connectivity index (χ4v) is 2.74. The second kappa shape index (κ2) is 4.95. The quantitative estimate of drug-likeness (QED) is 0.494. The Balaban J connectivity index is 1.81. The van der Waals surface area contributed by atoms with Gasteiger partial charge in [0.1, 0.15) is 0 Å². The molecule has 0 aliphatic rings. The SMILES string of the molecule is c1ccc(-c2cccc(-c3ccc4cc[nH]c4c3)c2)cc1. The summed E-state index contributed by atoms with van der Waals surface area (Å²) in [5.41, 5.74) is 6.16. The number of aromatic amines is 1. The minimum Gasteiger partial charge on any atom is -0.361 e. The second-order valence-electron chi connectivity index (χ2n) is 5.23. The molecule has 0 atom stereocenters. The first kappa shape index (κ1) is 12.0. The first-order chi connectivity index (χ1) is 10.4. The molecular weight excluding hydrogens is 254 g/mol. The minimum absolute atomic E-state index is 1.18. The summed E-state index contributed by atoms with van der Waals surface area (Å²) in [5.74, 6) is 0. The topological polar surface area (TPSA) is 15.8 Å². The van der Waals surface area contributed by atoms with Crippen LogP contribution in [0.3, 0.4) is 0 Å². The summed E-state index contributed by atoms with van der Waals surface area (Å²) < 4.78 is 0. The van der Waals surface area contributed by atoms with Gasteiger partial charge in [-0.2, -0.15) is 0 Å². The van der Waals surface area contributed by atoms with Gasteiger partial charge in [0.05, 0.1) is 0 Å². The average Bonchev–Trinajstić information content (AvgIpc) is 3.03. The lowest BCUT2D eigenvalue weighted by molar-refractivity contribution is 1.48. The maximum Gasteiger partial charge on any atom is 0.0460 e. The standard InChI is InChI=1S/C20H15N/c1-2-5-15(6-3-1)17-7-4-8-18(13-17)19-10-9-16-11-12-21-20(16)14-19/h1-14,21H. The summed E-state index contributed by atoms with van der Waals surface area (Å²) in [5, 5.41) is 1.25. The van der Waals surface area contributed by atoms with Crippen LogP contribution in [-0.4, -0.2) is 4.98 Å². The predicted molar refractivity (Wildman–Crippen MR) is 89.2 cm³/mol. The highest BCUT2D eigenvalue weighted by atomic mass is 14.7. The normalized spacial score (nSPS) is 10.9.